The molecule has 1 unspecified atom stereocenters. The Bertz CT molecular complexity index is 505. The summed E-state index contributed by atoms with van der Waals surface area (Å²) in [5.74, 6) is -1.05. The first-order valence-electron chi connectivity index (χ1n) is 6.21. The number of hydrogen-bond acceptors (Lipinski definition) is 3. The molecule has 1 atom stereocenters. The van der Waals surface area contributed by atoms with E-state index in [0.29, 0.717) is 10.7 Å². The third kappa shape index (κ3) is 5.06. The predicted molar refractivity (Wildman–Crippen MR) is 83.5 cm³/mol. The molecule has 0 aliphatic rings. The first-order valence-corrected chi connectivity index (χ1v) is 7.64. The molecule has 0 bridgehead atoms. The fraction of sp³-hybridized carbons (Fsp3) is 0.429. The number of hydrogen-bond donors (Lipinski definition) is 2. The summed E-state index contributed by atoms with van der Waals surface area (Å²) in [7, 11) is 0. The summed E-state index contributed by atoms with van der Waals surface area (Å²) in [6, 6.07) is 5.25. The van der Waals surface area contributed by atoms with Gasteiger partial charge in [0.05, 0.1) is 5.75 Å². The van der Waals surface area contributed by atoms with E-state index in [2.05, 4.69) is 5.32 Å². The molecule has 0 spiro atoms. The Labute approximate surface area is 127 Å². The Morgan fingerprint density at radius 1 is 1.40 bits per heavy atom. The van der Waals surface area contributed by atoms with Gasteiger partial charge in [-0.2, -0.15) is 0 Å². The molecule has 1 aromatic carbocycles. The zero-order valence-corrected chi connectivity index (χ0v) is 13.2. The molecule has 1 amide bonds. The number of carbonyl (C=O) groups excluding carboxylic acids is 1. The number of amides is 1. The van der Waals surface area contributed by atoms with Crippen molar-refractivity contribution in [3.05, 3.63) is 28.8 Å². The fourth-order valence-electron chi connectivity index (χ4n) is 1.63. The SMILES string of the molecule is Cc1ccc(Cl)cc1NC(=O)CSC(C(=O)O)C(C)C. The lowest BCUT2D eigenvalue weighted by Crippen LogP contribution is -2.25. The van der Waals surface area contributed by atoms with Crippen LogP contribution < -0.4 is 5.32 Å². The Balaban J connectivity index is 2.60. The van der Waals surface area contributed by atoms with E-state index >= 15 is 0 Å². The summed E-state index contributed by atoms with van der Waals surface area (Å²) < 4.78 is 0. The number of halogens is 1. The molecule has 0 aliphatic heterocycles. The molecule has 0 saturated carbocycles. The van der Waals surface area contributed by atoms with Gasteiger partial charge in [0, 0.05) is 10.7 Å². The maximum atomic E-state index is 11.9. The molecule has 110 valence electrons. The minimum absolute atomic E-state index is 0.0294. The molecule has 1 aromatic rings. The summed E-state index contributed by atoms with van der Waals surface area (Å²) in [6.07, 6.45) is 0. The van der Waals surface area contributed by atoms with Crippen LogP contribution in [0.1, 0.15) is 19.4 Å². The second-order valence-electron chi connectivity index (χ2n) is 4.82. The van der Waals surface area contributed by atoms with E-state index < -0.39 is 11.2 Å². The van der Waals surface area contributed by atoms with Crippen molar-refractivity contribution in [3.8, 4) is 0 Å². The maximum absolute atomic E-state index is 11.9. The highest BCUT2D eigenvalue weighted by Gasteiger charge is 2.23. The van der Waals surface area contributed by atoms with E-state index in [9.17, 15) is 9.59 Å². The van der Waals surface area contributed by atoms with Crippen LogP contribution in [0.5, 0.6) is 0 Å². The van der Waals surface area contributed by atoms with Gasteiger partial charge in [-0.05, 0) is 30.5 Å². The summed E-state index contributed by atoms with van der Waals surface area (Å²) >= 11 is 7.01. The minimum atomic E-state index is -0.892. The monoisotopic (exact) mass is 315 g/mol. The number of aliphatic carboxylic acids is 1. The number of aryl methyl sites for hydroxylation is 1. The highest BCUT2D eigenvalue weighted by Crippen LogP contribution is 2.22. The normalized spacial score (nSPS) is 12.2. The van der Waals surface area contributed by atoms with Gasteiger partial charge in [-0.3, -0.25) is 9.59 Å². The van der Waals surface area contributed by atoms with Gasteiger partial charge < -0.3 is 10.4 Å². The van der Waals surface area contributed by atoms with Crippen LogP contribution in [0, 0.1) is 12.8 Å². The molecule has 0 radical (unpaired) electrons. The number of carboxylic acid groups (broad SMARTS) is 1. The second-order valence-corrected chi connectivity index (χ2v) is 6.39. The molecule has 20 heavy (non-hydrogen) atoms. The van der Waals surface area contributed by atoms with Crippen LogP contribution >= 0.6 is 23.4 Å². The quantitative estimate of drug-likeness (QED) is 0.844. The highest BCUT2D eigenvalue weighted by atomic mass is 35.5. The van der Waals surface area contributed by atoms with Gasteiger partial charge in [0.1, 0.15) is 5.25 Å². The van der Waals surface area contributed by atoms with E-state index in [1.54, 1.807) is 12.1 Å². The number of anilines is 1. The molecule has 0 heterocycles. The van der Waals surface area contributed by atoms with E-state index in [1.165, 1.54) is 0 Å². The van der Waals surface area contributed by atoms with Crippen molar-refractivity contribution >= 4 is 40.9 Å². The Hall–Kier alpha value is -1.20. The zero-order chi connectivity index (χ0) is 15.3. The predicted octanol–water partition coefficient (Wildman–Crippen LogP) is 3.43. The van der Waals surface area contributed by atoms with Crippen LogP contribution in [0.3, 0.4) is 0 Å². The van der Waals surface area contributed by atoms with Gasteiger partial charge in [-0.25, -0.2) is 0 Å². The van der Waals surface area contributed by atoms with Crippen LogP contribution in [0.4, 0.5) is 5.69 Å². The van der Waals surface area contributed by atoms with Crippen molar-refractivity contribution < 1.29 is 14.7 Å². The van der Waals surface area contributed by atoms with E-state index in [4.69, 9.17) is 16.7 Å². The molecule has 0 fully saturated rings. The molecule has 4 nitrogen and oxygen atoms in total. The van der Waals surface area contributed by atoms with Crippen LogP contribution in [-0.4, -0.2) is 28.0 Å². The van der Waals surface area contributed by atoms with Crippen molar-refractivity contribution in [2.75, 3.05) is 11.1 Å². The van der Waals surface area contributed by atoms with E-state index in [-0.39, 0.29) is 17.6 Å². The highest BCUT2D eigenvalue weighted by molar-refractivity contribution is 8.01. The van der Waals surface area contributed by atoms with Crippen molar-refractivity contribution in [1.29, 1.82) is 0 Å². The Morgan fingerprint density at radius 3 is 2.60 bits per heavy atom. The molecule has 0 saturated heterocycles. The number of benzene rings is 1. The van der Waals surface area contributed by atoms with Crippen molar-refractivity contribution in [1.82, 2.24) is 0 Å². The van der Waals surface area contributed by atoms with Crippen LogP contribution in [0.25, 0.3) is 0 Å². The van der Waals surface area contributed by atoms with Gasteiger partial charge in [0.2, 0.25) is 5.91 Å². The maximum Gasteiger partial charge on any atom is 0.316 e. The topological polar surface area (TPSA) is 66.4 Å². The van der Waals surface area contributed by atoms with Crippen molar-refractivity contribution in [2.24, 2.45) is 5.92 Å². The fourth-order valence-corrected chi connectivity index (χ4v) is 2.73. The lowest BCUT2D eigenvalue weighted by molar-refractivity contribution is -0.137. The number of carbonyl (C=O) groups is 2. The summed E-state index contributed by atoms with van der Waals surface area (Å²) in [4.78, 5) is 22.9. The van der Waals surface area contributed by atoms with Crippen molar-refractivity contribution in [2.45, 2.75) is 26.0 Å². The Kier molecular flexibility index (Phi) is 6.36. The van der Waals surface area contributed by atoms with Crippen LogP contribution in [0.2, 0.25) is 5.02 Å². The average Bonchev–Trinajstić information content (AvgIpc) is 2.33. The van der Waals surface area contributed by atoms with E-state index in [1.807, 2.05) is 26.8 Å². The molecular formula is C14H18ClNO3S. The zero-order valence-electron chi connectivity index (χ0n) is 11.6. The third-order valence-electron chi connectivity index (χ3n) is 2.72. The number of thioether (sulfide) groups is 1. The average molecular weight is 316 g/mol. The van der Waals surface area contributed by atoms with Gasteiger partial charge >= 0.3 is 5.97 Å². The smallest absolute Gasteiger partial charge is 0.316 e. The van der Waals surface area contributed by atoms with Crippen LogP contribution in [0.15, 0.2) is 18.2 Å². The van der Waals surface area contributed by atoms with Gasteiger partial charge in [-0.1, -0.05) is 31.5 Å². The lowest BCUT2D eigenvalue weighted by Gasteiger charge is -2.15. The van der Waals surface area contributed by atoms with Gasteiger partial charge in [0.25, 0.3) is 0 Å². The largest absolute Gasteiger partial charge is 0.480 e. The van der Waals surface area contributed by atoms with Gasteiger partial charge in [0.15, 0.2) is 0 Å². The van der Waals surface area contributed by atoms with E-state index in [0.717, 1.165) is 17.3 Å². The second kappa shape index (κ2) is 7.55. The summed E-state index contributed by atoms with van der Waals surface area (Å²) in [5.41, 5.74) is 1.56. The number of nitrogens with one attached hydrogen (secondary N) is 1. The van der Waals surface area contributed by atoms with Gasteiger partial charge in [-0.15, -0.1) is 11.8 Å². The standard InChI is InChI=1S/C14H18ClNO3S/c1-8(2)13(14(18)19)20-7-12(17)16-11-6-10(15)5-4-9(11)3/h4-6,8,13H,7H2,1-3H3,(H,16,17)(H,18,19). The first kappa shape index (κ1) is 16.9. The molecule has 1 rings (SSSR count). The summed E-state index contributed by atoms with van der Waals surface area (Å²) in [6.45, 7) is 5.52. The number of carboxylic acids is 1. The molecule has 2 N–H and O–H groups in total. The third-order valence-corrected chi connectivity index (χ3v) is 4.49. The van der Waals surface area contributed by atoms with Crippen LogP contribution in [-0.2, 0) is 9.59 Å². The van der Waals surface area contributed by atoms with Crippen molar-refractivity contribution in [3.63, 3.8) is 0 Å². The Morgan fingerprint density at radius 2 is 2.05 bits per heavy atom. The minimum Gasteiger partial charge on any atom is -0.480 e. The molecule has 0 aliphatic carbocycles. The number of rotatable bonds is 6. The molecule has 0 aromatic heterocycles. The molecule has 6 heteroatoms. The first-order chi connectivity index (χ1) is 9.31. The summed E-state index contributed by atoms with van der Waals surface area (Å²) in [5, 5.41) is 11.8. The molecular weight excluding hydrogens is 298 g/mol. The lowest BCUT2D eigenvalue weighted by atomic mass is 10.1.